The van der Waals surface area contributed by atoms with Crippen LogP contribution in [0.5, 0.6) is 0 Å². The molecular weight excluding hydrogens is 372 g/mol. The first-order chi connectivity index (χ1) is 13.4. The number of amides is 2. The van der Waals surface area contributed by atoms with Crippen LogP contribution in [0.4, 0.5) is 0 Å². The van der Waals surface area contributed by atoms with E-state index < -0.39 is 0 Å². The van der Waals surface area contributed by atoms with E-state index in [1.165, 1.54) is 0 Å². The van der Waals surface area contributed by atoms with Crippen molar-refractivity contribution in [3.63, 3.8) is 0 Å². The number of aromatic nitrogens is 2. The topological polar surface area (TPSA) is 75.5 Å². The maximum atomic E-state index is 12.7. The monoisotopic (exact) mass is 396 g/mol. The predicted molar refractivity (Wildman–Crippen MR) is 109 cm³/mol. The number of hydrogen-bond donors (Lipinski definition) is 2. The predicted octanol–water partition coefficient (Wildman–Crippen LogP) is 2.90. The smallest absolute Gasteiger partial charge is 0.255 e. The maximum absolute atomic E-state index is 12.7. The lowest BCUT2D eigenvalue weighted by molar-refractivity contribution is -0.121. The molecule has 1 fully saturated rings. The molecule has 3 heterocycles. The molecule has 1 saturated carbocycles. The van der Waals surface area contributed by atoms with Gasteiger partial charge in [0, 0.05) is 23.7 Å². The summed E-state index contributed by atoms with van der Waals surface area (Å²) in [5.74, 6) is 0.297. The number of hydrogen-bond acceptors (Lipinski definition) is 4. The van der Waals surface area contributed by atoms with Gasteiger partial charge >= 0.3 is 0 Å². The van der Waals surface area contributed by atoms with Gasteiger partial charge in [0.2, 0.25) is 5.91 Å². The lowest BCUT2D eigenvalue weighted by Crippen LogP contribution is -2.60. The van der Waals surface area contributed by atoms with Crippen molar-refractivity contribution in [1.29, 1.82) is 0 Å². The van der Waals surface area contributed by atoms with Gasteiger partial charge in [0.1, 0.15) is 0 Å². The molecule has 6 nitrogen and oxygen atoms in total. The Morgan fingerprint density at radius 3 is 2.89 bits per heavy atom. The zero-order valence-electron chi connectivity index (χ0n) is 16.0. The van der Waals surface area contributed by atoms with Gasteiger partial charge in [0.05, 0.1) is 23.7 Å². The molecular formula is C21H24N4O2S. The Balaban J connectivity index is 1.31. The Kier molecular flexibility index (Phi) is 4.93. The van der Waals surface area contributed by atoms with E-state index in [1.807, 2.05) is 41.9 Å². The van der Waals surface area contributed by atoms with Crippen LogP contribution in [0.3, 0.4) is 0 Å². The molecule has 0 saturated heterocycles. The number of carbonyl (C=O) groups excluding carboxylic acids is 2. The zero-order valence-corrected chi connectivity index (χ0v) is 16.8. The van der Waals surface area contributed by atoms with Crippen molar-refractivity contribution >= 4 is 28.7 Å². The fraction of sp³-hybridized carbons (Fsp3) is 0.381. The molecule has 28 heavy (non-hydrogen) atoms. The molecule has 0 bridgehead atoms. The van der Waals surface area contributed by atoms with Gasteiger partial charge in [-0.3, -0.25) is 9.59 Å². The number of thiophene rings is 1. The summed E-state index contributed by atoms with van der Waals surface area (Å²) in [6, 6.07) is 9.69. The Labute approximate surface area is 168 Å². The van der Waals surface area contributed by atoms with Crippen molar-refractivity contribution in [3.8, 4) is 0 Å². The molecule has 7 heteroatoms. The van der Waals surface area contributed by atoms with Crippen molar-refractivity contribution in [3.05, 3.63) is 58.5 Å². The highest BCUT2D eigenvalue weighted by Gasteiger charge is 2.48. The van der Waals surface area contributed by atoms with Gasteiger partial charge in [-0.25, -0.2) is 4.52 Å². The number of nitrogens with one attached hydrogen (secondary N) is 2. The largest absolute Gasteiger partial charge is 0.355 e. The number of fused-ring (bicyclic) bond motifs is 1. The zero-order chi connectivity index (χ0) is 19.7. The van der Waals surface area contributed by atoms with Crippen LogP contribution in [0, 0.1) is 11.3 Å². The van der Waals surface area contributed by atoms with E-state index in [1.54, 1.807) is 22.0 Å². The molecule has 1 aliphatic carbocycles. The van der Waals surface area contributed by atoms with Gasteiger partial charge in [-0.2, -0.15) is 5.10 Å². The Bertz CT molecular complexity index is 993. The molecule has 0 spiro atoms. The Hall–Kier alpha value is -2.67. The van der Waals surface area contributed by atoms with Crippen molar-refractivity contribution in [1.82, 2.24) is 20.2 Å². The second kappa shape index (κ2) is 7.39. The van der Waals surface area contributed by atoms with Gasteiger partial charge in [-0.05, 0) is 41.3 Å². The third-order valence-electron chi connectivity index (χ3n) is 5.91. The summed E-state index contributed by atoms with van der Waals surface area (Å²) in [7, 11) is 0. The third-order valence-corrected chi connectivity index (χ3v) is 6.78. The van der Waals surface area contributed by atoms with Crippen LogP contribution in [0.1, 0.15) is 35.5 Å². The third kappa shape index (κ3) is 3.54. The lowest BCUT2D eigenvalue weighted by atomic mass is 9.58. The van der Waals surface area contributed by atoms with Gasteiger partial charge in [-0.1, -0.05) is 26.0 Å². The normalized spacial score (nSPS) is 20.5. The molecule has 2 atom stereocenters. The summed E-state index contributed by atoms with van der Waals surface area (Å²) in [4.78, 5) is 25.9. The minimum absolute atomic E-state index is 0.0529. The lowest BCUT2D eigenvalue weighted by Gasteiger charge is -2.52. The number of nitrogens with zero attached hydrogens (tertiary/aromatic N) is 2. The molecule has 2 N–H and O–H groups in total. The van der Waals surface area contributed by atoms with E-state index in [9.17, 15) is 9.59 Å². The van der Waals surface area contributed by atoms with Crippen LogP contribution < -0.4 is 10.6 Å². The quantitative estimate of drug-likeness (QED) is 0.673. The average molecular weight is 397 g/mol. The van der Waals surface area contributed by atoms with Crippen LogP contribution in [0.2, 0.25) is 0 Å². The van der Waals surface area contributed by atoms with Crippen molar-refractivity contribution in [2.24, 2.45) is 11.3 Å². The average Bonchev–Trinajstić information content (AvgIpc) is 3.33. The standard InChI is InChI=1S/C21H24N4O2S/c1-21(2)14(12-22-19(26)11-15-6-5-9-28-15)10-18(21)24-20(27)16-13-23-25-8-4-3-7-17(16)25/h3-9,13-14,18H,10-12H2,1-2H3,(H,22,26)(H,24,27). The molecule has 0 aromatic carbocycles. The van der Waals surface area contributed by atoms with Gasteiger partial charge in [0.15, 0.2) is 0 Å². The first kappa shape index (κ1) is 18.7. The fourth-order valence-corrected chi connectivity index (χ4v) is 4.53. The molecule has 146 valence electrons. The van der Waals surface area contributed by atoms with Crippen LogP contribution in [-0.2, 0) is 11.2 Å². The second-order valence-electron chi connectivity index (χ2n) is 7.93. The highest BCUT2D eigenvalue weighted by Crippen LogP contribution is 2.46. The summed E-state index contributed by atoms with van der Waals surface area (Å²) >= 11 is 1.60. The number of pyridine rings is 1. The Morgan fingerprint density at radius 1 is 1.29 bits per heavy atom. The molecule has 2 unspecified atom stereocenters. The first-order valence-electron chi connectivity index (χ1n) is 9.47. The van der Waals surface area contributed by atoms with Crippen LogP contribution in [-0.4, -0.2) is 34.0 Å². The Morgan fingerprint density at radius 2 is 2.14 bits per heavy atom. The minimum Gasteiger partial charge on any atom is -0.355 e. The van der Waals surface area contributed by atoms with Crippen LogP contribution >= 0.6 is 11.3 Å². The van der Waals surface area contributed by atoms with Crippen molar-refractivity contribution < 1.29 is 9.59 Å². The molecule has 3 aromatic rings. The van der Waals surface area contributed by atoms with E-state index in [0.29, 0.717) is 24.4 Å². The SMILES string of the molecule is CC1(C)C(CNC(=O)Cc2cccs2)CC1NC(=O)c1cnn2ccccc12. The van der Waals surface area contributed by atoms with Crippen LogP contribution in [0.15, 0.2) is 48.1 Å². The van der Waals surface area contributed by atoms with E-state index in [4.69, 9.17) is 0 Å². The molecule has 0 radical (unpaired) electrons. The maximum Gasteiger partial charge on any atom is 0.255 e. The van der Waals surface area contributed by atoms with E-state index in [2.05, 4.69) is 29.6 Å². The second-order valence-corrected chi connectivity index (χ2v) is 8.96. The summed E-state index contributed by atoms with van der Waals surface area (Å²) in [5, 5.41) is 12.4. The fourth-order valence-electron chi connectivity index (χ4n) is 3.82. The van der Waals surface area contributed by atoms with Crippen LogP contribution in [0.25, 0.3) is 5.52 Å². The molecule has 3 aromatic heterocycles. The van der Waals surface area contributed by atoms with E-state index in [0.717, 1.165) is 16.8 Å². The highest BCUT2D eigenvalue weighted by molar-refractivity contribution is 7.10. The number of carbonyl (C=O) groups is 2. The van der Waals surface area contributed by atoms with Gasteiger partial charge in [0.25, 0.3) is 5.91 Å². The molecule has 4 rings (SSSR count). The summed E-state index contributed by atoms with van der Waals surface area (Å²) in [6.07, 6.45) is 4.73. The summed E-state index contributed by atoms with van der Waals surface area (Å²) in [5.41, 5.74) is 1.31. The summed E-state index contributed by atoms with van der Waals surface area (Å²) < 4.78 is 1.70. The van der Waals surface area contributed by atoms with E-state index in [-0.39, 0.29) is 23.3 Å². The van der Waals surface area contributed by atoms with Crippen molar-refractivity contribution in [2.75, 3.05) is 6.54 Å². The van der Waals surface area contributed by atoms with Gasteiger partial charge in [-0.15, -0.1) is 11.3 Å². The minimum atomic E-state index is -0.0977. The molecule has 0 aliphatic heterocycles. The van der Waals surface area contributed by atoms with E-state index >= 15 is 0 Å². The van der Waals surface area contributed by atoms with Gasteiger partial charge < -0.3 is 10.6 Å². The number of rotatable bonds is 6. The molecule has 1 aliphatic rings. The first-order valence-corrected chi connectivity index (χ1v) is 10.4. The highest BCUT2D eigenvalue weighted by atomic mass is 32.1. The molecule has 2 amide bonds. The summed E-state index contributed by atoms with van der Waals surface area (Å²) in [6.45, 7) is 4.93. The van der Waals surface area contributed by atoms with Crippen molar-refractivity contribution in [2.45, 2.75) is 32.7 Å².